The zero-order valence-corrected chi connectivity index (χ0v) is 21.4. The first-order valence-electron chi connectivity index (χ1n) is 12.8. The lowest BCUT2D eigenvalue weighted by Gasteiger charge is -2.13. The van der Waals surface area contributed by atoms with Crippen molar-refractivity contribution in [1.29, 1.82) is 0 Å². The van der Waals surface area contributed by atoms with Gasteiger partial charge in [0.15, 0.2) is 0 Å². The number of hydrogen-bond donors (Lipinski definition) is 3. The maximum atomic E-state index is 12.2. The summed E-state index contributed by atoms with van der Waals surface area (Å²) >= 11 is 0. The van der Waals surface area contributed by atoms with Gasteiger partial charge in [0.05, 0.1) is 23.8 Å². The number of para-hydroxylation sites is 1. The molecule has 0 saturated heterocycles. The first-order valence-corrected chi connectivity index (χ1v) is 12.8. The van der Waals surface area contributed by atoms with Gasteiger partial charge in [-0.05, 0) is 60.2 Å². The van der Waals surface area contributed by atoms with Crippen molar-refractivity contribution in [3.63, 3.8) is 0 Å². The van der Waals surface area contributed by atoms with Crippen LogP contribution in [0.1, 0.15) is 53.7 Å². The first kappa shape index (κ1) is 26.3. The third kappa shape index (κ3) is 6.71. The molecule has 0 aliphatic rings. The predicted molar refractivity (Wildman–Crippen MR) is 145 cm³/mol. The number of carbonyl (C=O) groups is 1. The van der Waals surface area contributed by atoms with Gasteiger partial charge in [-0.2, -0.15) is 0 Å². The summed E-state index contributed by atoms with van der Waals surface area (Å²) in [6.07, 6.45) is 4.25. The fourth-order valence-corrected chi connectivity index (χ4v) is 4.65. The molecule has 4 aromatic rings. The van der Waals surface area contributed by atoms with Crippen LogP contribution >= 0.6 is 0 Å². The highest BCUT2D eigenvalue weighted by molar-refractivity contribution is 5.89. The summed E-state index contributed by atoms with van der Waals surface area (Å²) in [4.78, 5) is 12.2. The van der Waals surface area contributed by atoms with E-state index in [0.717, 1.165) is 41.3 Å². The summed E-state index contributed by atoms with van der Waals surface area (Å²) in [5.41, 5.74) is 3.63. The number of aliphatic hydroxyl groups excluding tert-OH is 1. The van der Waals surface area contributed by atoms with E-state index in [2.05, 4.69) is 13.8 Å². The van der Waals surface area contributed by atoms with Gasteiger partial charge in [-0.1, -0.05) is 56.7 Å². The number of aromatic nitrogens is 1. The van der Waals surface area contributed by atoms with Crippen molar-refractivity contribution < 1.29 is 24.9 Å². The van der Waals surface area contributed by atoms with E-state index in [9.17, 15) is 20.1 Å². The van der Waals surface area contributed by atoms with Crippen LogP contribution in [0.15, 0.2) is 72.9 Å². The molecule has 6 heteroatoms. The van der Waals surface area contributed by atoms with E-state index in [-0.39, 0.29) is 24.7 Å². The highest BCUT2D eigenvalue weighted by atomic mass is 16.5. The molecule has 3 aromatic carbocycles. The molecule has 4 rings (SSSR count). The van der Waals surface area contributed by atoms with Crippen LogP contribution in [-0.2, 0) is 24.1 Å². The van der Waals surface area contributed by atoms with Gasteiger partial charge in [0.1, 0.15) is 18.1 Å². The van der Waals surface area contributed by atoms with Gasteiger partial charge in [0.25, 0.3) is 0 Å². The maximum Gasteiger partial charge on any atom is 0.338 e. The number of aryl methyl sites for hydroxylation is 1. The summed E-state index contributed by atoms with van der Waals surface area (Å²) in [7, 11) is 0. The van der Waals surface area contributed by atoms with Crippen molar-refractivity contribution in [3.8, 4) is 11.5 Å². The minimum Gasteiger partial charge on any atom is -0.507 e. The maximum absolute atomic E-state index is 12.2. The molecule has 0 bridgehead atoms. The van der Waals surface area contributed by atoms with E-state index in [1.165, 1.54) is 0 Å². The number of aliphatic hydroxyl groups is 1. The number of carbonyl (C=O) groups excluding carboxylic acids is 1. The van der Waals surface area contributed by atoms with Crippen LogP contribution in [0.25, 0.3) is 10.9 Å². The van der Waals surface area contributed by atoms with Crippen molar-refractivity contribution in [2.75, 3.05) is 6.61 Å². The van der Waals surface area contributed by atoms with Crippen molar-refractivity contribution >= 4 is 16.9 Å². The van der Waals surface area contributed by atoms with Crippen molar-refractivity contribution in [3.05, 3.63) is 95.2 Å². The molecular formula is C31H35NO5. The normalized spacial score (nSPS) is 12.2. The zero-order valence-electron chi connectivity index (χ0n) is 21.4. The zero-order chi connectivity index (χ0) is 26.4. The molecule has 0 amide bonds. The molecule has 1 heterocycles. The number of esters is 1. The van der Waals surface area contributed by atoms with Gasteiger partial charge in [0, 0.05) is 23.5 Å². The molecule has 194 valence electrons. The number of phenols is 2. The van der Waals surface area contributed by atoms with Crippen LogP contribution in [0.3, 0.4) is 0 Å². The predicted octanol–water partition coefficient (Wildman–Crippen LogP) is 5.84. The summed E-state index contributed by atoms with van der Waals surface area (Å²) in [6.45, 7) is 4.53. The topological polar surface area (TPSA) is 91.9 Å². The number of nitrogens with zero attached hydrogens (tertiary/aromatic N) is 1. The monoisotopic (exact) mass is 501 g/mol. The van der Waals surface area contributed by atoms with E-state index in [1.807, 2.05) is 41.1 Å². The molecule has 0 aliphatic heterocycles. The van der Waals surface area contributed by atoms with Crippen molar-refractivity contribution in [1.82, 2.24) is 4.57 Å². The number of hydrogen-bond acceptors (Lipinski definition) is 5. The van der Waals surface area contributed by atoms with Crippen LogP contribution in [0, 0.1) is 5.92 Å². The highest BCUT2D eigenvalue weighted by Crippen LogP contribution is 2.32. The van der Waals surface area contributed by atoms with E-state index >= 15 is 0 Å². The second kappa shape index (κ2) is 12.0. The molecule has 0 aliphatic carbocycles. The van der Waals surface area contributed by atoms with Crippen molar-refractivity contribution in [2.45, 2.75) is 52.2 Å². The smallest absolute Gasteiger partial charge is 0.338 e. The van der Waals surface area contributed by atoms with Gasteiger partial charge in [-0.3, -0.25) is 0 Å². The van der Waals surface area contributed by atoms with Gasteiger partial charge in [0.2, 0.25) is 0 Å². The summed E-state index contributed by atoms with van der Waals surface area (Å²) < 4.78 is 7.26. The Balaban J connectivity index is 1.47. The number of ether oxygens (including phenoxy) is 1. The highest BCUT2D eigenvalue weighted by Gasteiger charge is 2.17. The Hall–Kier alpha value is -3.77. The number of phenolic OH excluding ortho intramolecular Hbond substituents is 2. The van der Waals surface area contributed by atoms with Crippen LogP contribution in [0.5, 0.6) is 11.5 Å². The lowest BCUT2D eigenvalue weighted by atomic mass is 10.0. The van der Waals surface area contributed by atoms with E-state index in [1.54, 1.807) is 36.4 Å². The van der Waals surface area contributed by atoms with E-state index in [4.69, 9.17) is 4.74 Å². The number of fused-ring (bicyclic) bond motifs is 1. The van der Waals surface area contributed by atoms with Gasteiger partial charge in [-0.25, -0.2) is 4.79 Å². The van der Waals surface area contributed by atoms with E-state index in [0.29, 0.717) is 23.5 Å². The molecule has 6 nitrogen and oxygen atoms in total. The standard InChI is InChI=1S/C31H35NO5/c1-21(2)9-8-10-22-15-29(34)27(30(35)16-22)19-32-18-24(26-13-6-7-14-28(26)32)17-25(33)20-37-31(36)23-11-4-3-5-12-23/h3-7,11-16,18,21,25,33-35H,8-10,17,19-20H2,1-2H3/t25-/m0/s1. The molecule has 0 unspecified atom stereocenters. The Morgan fingerprint density at radius 1 is 0.973 bits per heavy atom. The molecule has 0 spiro atoms. The second-order valence-electron chi connectivity index (χ2n) is 10.0. The molecular weight excluding hydrogens is 466 g/mol. The number of rotatable bonds is 11. The Bertz CT molecular complexity index is 1320. The Morgan fingerprint density at radius 2 is 1.65 bits per heavy atom. The molecule has 37 heavy (non-hydrogen) atoms. The summed E-state index contributed by atoms with van der Waals surface area (Å²) in [5.74, 6) is 0.297. The largest absolute Gasteiger partial charge is 0.507 e. The number of benzene rings is 3. The third-order valence-corrected chi connectivity index (χ3v) is 6.58. The second-order valence-corrected chi connectivity index (χ2v) is 10.0. The molecule has 3 N–H and O–H groups in total. The first-order chi connectivity index (χ1) is 17.8. The molecule has 1 aromatic heterocycles. The Kier molecular flexibility index (Phi) is 8.51. The fraction of sp³-hybridized carbons (Fsp3) is 0.323. The average Bonchev–Trinajstić information content (AvgIpc) is 3.22. The third-order valence-electron chi connectivity index (χ3n) is 6.58. The van der Waals surface area contributed by atoms with Gasteiger partial charge >= 0.3 is 5.97 Å². The van der Waals surface area contributed by atoms with E-state index < -0.39 is 12.1 Å². The van der Waals surface area contributed by atoms with Gasteiger partial charge < -0.3 is 24.6 Å². The summed E-state index contributed by atoms with van der Waals surface area (Å²) in [6, 6.07) is 20.0. The molecule has 0 fully saturated rings. The minimum absolute atomic E-state index is 0.0757. The molecule has 0 saturated carbocycles. The van der Waals surface area contributed by atoms with Crippen LogP contribution < -0.4 is 0 Å². The minimum atomic E-state index is -0.876. The molecule has 1 atom stereocenters. The number of aromatic hydroxyl groups is 2. The van der Waals surface area contributed by atoms with Crippen LogP contribution in [0.4, 0.5) is 0 Å². The van der Waals surface area contributed by atoms with Crippen LogP contribution in [-0.4, -0.2) is 38.6 Å². The quantitative estimate of drug-likeness (QED) is 0.225. The molecule has 0 radical (unpaired) electrons. The Morgan fingerprint density at radius 3 is 2.35 bits per heavy atom. The fourth-order valence-electron chi connectivity index (χ4n) is 4.65. The SMILES string of the molecule is CC(C)CCCc1cc(O)c(Cn2cc(C[C@H](O)COC(=O)c3ccccc3)c3ccccc32)c(O)c1. The van der Waals surface area contributed by atoms with Gasteiger partial charge in [-0.15, -0.1) is 0 Å². The Labute approximate surface area is 217 Å². The lowest BCUT2D eigenvalue weighted by Crippen LogP contribution is -2.20. The van der Waals surface area contributed by atoms with Crippen LogP contribution in [0.2, 0.25) is 0 Å². The lowest BCUT2D eigenvalue weighted by molar-refractivity contribution is 0.0259. The summed E-state index contributed by atoms with van der Waals surface area (Å²) in [5, 5.41) is 33.0. The average molecular weight is 502 g/mol. The van der Waals surface area contributed by atoms with Crippen molar-refractivity contribution in [2.24, 2.45) is 5.92 Å².